The van der Waals surface area contributed by atoms with Crippen LogP contribution in [0.1, 0.15) is 46.0 Å². The number of likely N-dealkylation sites (N-methyl/N-ethyl adjacent to an activating group) is 1. The van der Waals surface area contributed by atoms with Gasteiger partial charge in [0.15, 0.2) is 0 Å². The fraction of sp³-hybridized carbons (Fsp3) is 0.731. The van der Waals surface area contributed by atoms with Crippen LogP contribution in [0.4, 0.5) is 0 Å². The van der Waals surface area contributed by atoms with Crippen LogP contribution in [-0.4, -0.2) is 109 Å². The molecule has 5 atom stereocenters. The summed E-state index contributed by atoms with van der Waals surface area (Å²) >= 11 is 0. The summed E-state index contributed by atoms with van der Waals surface area (Å²) in [4.78, 5) is 66.7. The first-order chi connectivity index (χ1) is 19.0. The van der Waals surface area contributed by atoms with Crippen LogP contribution in [0.3, 0.4) is 0 Å². The smallest absolute Gasteiger partial charge is 0.309 e. The zero-order valence-corrected chi connectivity index (χ0v) is 25.3. The number of aliphatic hydroxyl groups is 1. The van der Waals surface area contributed by atoms with E-state index in [1.807, 2.05) is 25.1 Å². The van der Waals surface area contributed by atoms with Crippen molar-refractivity contribution in [2.75, 3.05) is 38.7 Å². The minimum atomic E-state index is -1.23. The molecule has 2 heterocycles. The summed E-state index contributed by atoms with van der Waals surface area (Å²) in [6.45, 7) is 4.70. The lowest BCUT2D eigenvalue weighted by Gasteiger charge is -2.29. The van der Waals surface area contributed by atoms with Crippen molar-refractivity contribution in [3.63, 3.8) is 0 Å². The highest BCUT2D eigenvalue weighted by Crippen LogP contribution is 2.24. The van der Waals surface area contributed by atoms with E-state index in [9.17, 15) is 29.1 Å². The number of nitrogens with zero attached hydrogens (tertiary/aromatic N) is 1. The molecule has 12 nitrogen and oxygen atoms in total. The number of hydrogen-bond acceptors (Lipinski definition) is 10. The number of esters is 1. The van der Waals surface area contributed by atoms with Gasteiger partial charge in [0.25, 0.3) is 0 Å². The van der Waals surface area contributed by atoms with Crippen LogP contribution in [0.25, 0.3) is 0 Å². The highest BCUT2D eigenvalue weighted by Gasteiger charge is 2.33. The molecule has 2 aliphatic rings. The molecule has 4 amide bonds. The number of carbonyl (C=O) groups is 5. The Bertz CT molecular complexity index is 918. The van der Waals surface area contributed by atoms with Gasteiger partial charge in [0.05, 0.1) is 25.0 Å². The van der Waals surface area contributed by atoms with Crippen molar-refractivity contribution in [1.29, 1.82) is 0 Å². The molecule has 5 N–H and O–H groups in total. The molecule has 0 radical (unpaired) electrons. The first-order valence-electron chi connectivity index (χ1n) is 13.6. The van der Waals surface area contributed by atoms with E-state index in [1.165, 1.54) is 21.6 Å². The number of nitrogens with one attached hydrogen (secondary N) is 4. The molecule has 0 aromatic heterocycles. The molecule has 1 fully saturated rings. The highest BCUT2D eigenvalue weighted by molar-refractivity contribution is 8.76. The van der Waals surface area contributed by atoms with Gasteiger partial charge in [-0.25, -0.2) is 0 Å². The Hall–Kier alpha value is -2.29. The third-order valence-electron chi connectivity index (χ3n) is 6.35. The van der Waals surface area contributed by atoms with Gasteiger partial charge in [-0.1, -0.05) is 41.5 Å². The van der Waals surface area contributed by atoms with E-state index < -0.39 is 54.0 Å². The first-order valence-corrected chi connectivity index (χ1v) is 16.0. The Balaban J connectivity index is 2.35. The lowest BCUT2D eigenvalue weighted by molar-refractivity contribution is -0.151. The summed E-state index contributed by atoms with van der Waals surface area (Å²) in [6, 6.07) is -2.84. The maximum atomic E-state index is 13.4. The second-order valence-corrected chi connectivity index (χ2v) is 13.1. The van der Waals surface area contributed by atoms with Crippen LogP contribution in [0.5, 0.6) is 0 Å². The Morgan fingerprint density at radius 3 is 2.58 bits per heavy atom. The summed E-state index contributed by atoms with van der Waals surface area (Å²) in [5, 5.41) is 21.8. The normalized spacial score (nSPS) is 28.3. The molecule has 40 heavy (non-hydrogen) atoms. The predicted molar refractivity (Wildman–Crippen MR) is 155 cm³/mol. The van der Waals surface area contributed by atoms with Crippen molar-refractivity contribution >= 4 is 51.2 Å². The number of ether oxygens (including phenoxy) is 1. The third kappa shape index (κ3) is 12.5. The molecular weight excluding hydrogens is 558 g/mol. The lowest BCUT2D eigenvalue weighted by Crippen LogP contribution is -2.58. The summed E-state index contributed by atoms with van der Waals surface area (Å²) in [7, 11) is 6.72. The van der Waals surface area contributed by atoms with Gasteiger partial charge in [0.1, 0.15) is 18.2 Å². The first kappa shape index (κ1) is 33.9. The quantitative estimate of drug-likeness (QED) is 0.152. The van der Waals surface area contributed by atoms with E-state index in [0.717, 1.165) is 0 Å². The molecule has 226 valence electrons. The summed E-state index contributed by atoms with van der Waals surface area (Å²) in [5.74, 6) is -1.93. The van der Waals surface area contributed by atoms with Crippen LogP contribution in [0.2, 0.25) is 0 Å². The maximum absolute atomic E-state index is 13.4. The molecule has 0 unspecified atom stereocenters. The topological polar surface area (TPSA) is 166 Å². The average Bonchev–Trinajstić information content (AvgIpc) is 2.86. The third-order valence-corrected chi connectivity index (χ3v) is 8.80. The molecule has 14 heteroatoms. The highest BCUT2D eigenvalue weighted by atomic mass is 33.1. The van der Waals surface area contributed by atoms with Crippen molar-refractivity contribution in [3.05, 3.63) is 12.2 Å². The van der Waals surface area contributed by atoms with Gasteiger partial charge in [0.2, 0.25) is 23.6 Å². The van der Waals surface area contributed by atoms with Gasteiger partial charge in [-0.3, -0.25) is 24.0 Å². The van der Waals surface area contributed by atoms with Gasteiger partial charge >= 0.3 is 5.97 Å². The van der Waals surface area contributed by atoms with Gasteiger partial charge in [-0.15, -0.1) is 0 Å². The second kappa shape index (κ2) is 17.5. The average molecular weight is 602 g/mol. The number of amides is 4. The zero-order chi connectivity index (χ0) is 29.7. The molecule has 0 spiro atoms. The molecule has 0 aromatic carbocycles. The van der Waals surface area contributed by atoms with Gasteiger partial charge in [-0.2, -0.15) is 0 Å². The van der Waals surface area contributed by atoms with E-state index in [0.29, 0.717) is 25.3 Å². The number of rotatable bonds is 7. The number of allylic oxidation sites excluding steroid dienone is 1. The minimum Gasteiger partial charge on any atom is -0.457 e. The lowest BCUT2D eigenvalue weighted by atomic mass is 9.96. The predicted octanol–water partition coefficient (Wildman–Crippen LogP) is -0.0374. The van der Waals surface area contributed by atoms with Gasteiger partial charge < -0.3 is 36.0 Å². The fourth-order valence-electron chi connectivity index (χ4n) is 4.12. The van der Waals surface area contributed by atoms with Crippen LogP contribution in [0.15, 0.2) is 12.2 Å². The monoisotopic (exact) mass is 601 g/mol. The van der Waals surface area contributed by atoms with Crippen LogP contribution in [-0.2, 0) is 28.7 Å². The van der Waals surface area contributed by atoms with Crippen molar-refractivity contribution in [1.82, 2.24) is 26.2 Å². The van der Waals surface area contributed by atoms with E-state index in [4.69, 9.17) is 4.74 Å². The Morgan fingerprint density at radius 1 is 1.12 bits per heavy atom. The van der Waals surface area contributed by atoms with E-state index in [1.54, 1.807) is 19.9 Å². The van der Waals surface area contributed by atoms with Gasteiger partial charge in [-0.05, 0) is 38.9 Å². The summed E-state index contributed by atoms with van der Waals surface area (Å²) in [6.07, 6.45) is 1.33. The Kier molecular flexibility index (Phi) is 14.8. The largest absolute Gasteiger partial charge is 0.457 e. The van der Waals surface area contributed by atoms with E-state index in [2.05, 4.69) is 21.3 Å². The van der Waals surface area contributed by atoms with Crippen molar-refractivity contribution < 1.29 is 33.8 Å². The van der Waals surface area contributed by atoms with E-state index >= 15 is 0 Å². The van der Waals surface area contributed by atoms with Crippen LogP contribution in [0, 0.1) is 5.92 Å². The number of carbonyl (C=O) groups excluding carboxylic acids is 5. The molecule has 0 saturated carbocycles. The fourth-order valence-corrected chi connectivity index (χ4v) is 6.27. The van der Waals surface area contributed by atoms with Crippen molar-refractivity contribution in [2.45, 2.75) is 76.3 Å². The number of hydrogen-bond donors (Lipinski definition) is 5. The SMILES string of the molecule is CC(C)[C@H]1NC(=O)[C@@H]2CSSCC/C=C/[C@H](CC(=O)N[C@H](CCC(=O)NCCN(C)C)C(=O)N2)OC(=O)C[C@@H]1O. The number of fused-ring (bicyclic) bond motifs is 7. The zero-order valence-electron chi connectivity index (χ0n) is 23.6. The van der Waals surface area contributed by atoms with Crippen LogP contribution < -0.4 is 21.3 Å². The minimum absolute atomic E-state index is 0.00916. The van der Waals surface area contributed by atoms with E-state index in [-0.39, 0.29) is 43.3 Å². The summed E-state index contributed by atoms with van der Waals surface area (Å²) < 4.78 is 5.52. The molecule has 0 aromatic rings. The second-order valence-electron chi connectivity index (χ2n) is 10.5. The molecule has 2 rings (SSSR count). The molecule has 2 aliphatic heterocycles. The molecular formula is C26H43N5O7S2. The van der Waals surface area contributed by atoms with Crippen molar-refractivity contribution in [3.8, 4) is 0 Å². The van der Waals surface area contributed by atoms with Crippen molar-refractivity contribution in [2.24, 2.45) is 5.92 Å². The Morgan fingerprint density at radius 2 is 1.88 bits per heavy atom. The molecule has 0 aliphatic carbocycles. The maximum Gasteiger partial charge on any atom is 0.309 e. The molecule has 2 bridgehead atoms. The summed E-state index contributed by atoms with van der Waals surface area (Å²) in [5.41, 5.74) is 0. The molecule has 1 saturated heterocycles. The number of aliphatic hydroxyl groups excluding tert-OH is 1. The standard InChI is InChI=1S/C26H43N5O7S2/c1-16(2)24-20(32)14-23(35)38-17-7-5-6-12-39-40-15-19(26(37)30-24)29-25(36)18(28-22(34)13-17)8-9-21(33)27-10-11-31(3)4/h5,7,16-20,24,32H,6,8-15H2,1-4H3,(H,27,33)(H,28,34)(H,29,36)(H,30,37)/b7-5+/t17-,18-,19+,20+,24-/m1/s1. The Labute approximate surface area is 243 Å². The van der Waals surface area contributed by atoms with Gasteiger partial charge in [0, 0.05) is 31.0 Å². The van der Waals surface area contributed by atoms with Crippen LogP contribution >= 0.6 is 21.6 Å².